The molecular weight excluding hydrogens is 126 g/mol. The fraction of sp³-hybridized carbons (Fsp3) is 0.714. The maximum absolute atomic E-state index is 5.80. The second-order valence-electron chi connectivity index (χ2n) is 2.84. The quantitative estimate of drug-likeness (QED) is 0.456. The average molecular weight is 141 g/mol. The van der Waals surface area contributed by atoms with Crippen LogP contribution < -0.4 is 16.8 Å². The molecule has 0 bridgehead atoms. The Morgan fingerprint density at radius 2 is 2.30 bits per heavy atom. The summed E-state index contributed by atoms with van der Waals surface area (Å²) in [4.78, 5) is 0. The Morgan fingerprint density at radius 3 is 2.70 bits per heavy atom. The molecule has 2 unspecified atom stereocenters. The third-order valence-electron chi connectivity index (χ3n) is 2.01. The zero-order valence-corrected chi connectivity index (χ0v) is 6.14. The van der Waals surface area contributed by atoms with Gasteiger partial charge in [0.25, 0.3) is 0 Å². The highest BCUT2D eigenvalue weighted by Crippen LogP contribution is 2.12. The molecule has 58 valence electrons. The second kappa shape index (κ2) is 3.03. The minimum atomic E-state index is 0.207. The largest absolute Gasteiger partial charge is 0.402 e. The summed E-state index contributed by atoms with van der Waals surface area (Å²) < 4.78 is 0. The first-order chi connectivity index (χ1) is 4.72. The van der Waals surface area contributed by atoms with Gasteiger partial charge in [-0.05, 0) is 13.0 Å². The smallest absolute Gasteiger partial charge is 0.0255 e. The topological polar surface area (TPSA) is 64.1 Å². The van der Waals surface area contributed by atoms with Gasteiger partial charge in [-0.2, -0.15) is 0 Å². The molecule has 3 heteroatoms. The van der Waals surface area contributed by atoms with E-state index < -0.39 is 0 Å². The number of rotatable bonds is 1. The molecule has 1 heterocycles. The van der Waals surface area contributed by atoms with Gasteiger partial charge in [0.15, 0.2) is 0 Å². The Bertz CT molecular complexity index is 133. The van der Waals surface area contributed by atoms with Gasteiger partial charge in [0.2, 0.25) is 0 Å². The van der Waals surface area contributed by atoms with Crippen LogP contribution in [0.3, 0.4) is 0 Å². The molecule has 10 heavy (non-hydrogen) atoms. The molecule has 0 radical (unpaired) electrons. The summed E-state index contributed by atoms with van der Waals surface area (Å²) in [6.45, 7) is 5.58. The first-order valence-corrected chi connectivity index (χ1v) is 3.62. The van der Waals surface area contributed by atoms with Gasteiger partial charge in [0.1, 0.15) is 0 Å². The van der Waals surface area contributed by atoms with Crippen molar-refractivity contribution in [1.29, 1.82) is 0 Å². The molecule has 0 amide bonds. The Balaban J connectivity index is 2.47. The SMILES string of the molecule is C=C(N)C1CNCCC1N. The molecule has 1 saturated heterocycles. The number of hydrogen-bond acceptors (Lipinski definition) is 3. The van der Waals surface area contributed by atoms with Crippen molar-refractivity contribution < 1.29 is 0 Å². The predicted octanol–water partition coefficient (Wildman–Crippen LogP) is -0.604. The fourth-order valence-corrected chi connectivity index (χ4v) is 1.28. The number of hydrogen-bond donors (Lipinski definition) is 3. The van der Waals surface area contributed by atoms with Gasteiger partial charge in [-0.15, -0.1) is 0 Å². The van der Waals surface area contributed by atoms with Gasteiger partial charge in [-0.3, -0.25) is 0 Å². The normalized spacial score (nSPS) is 33.7. The lowest BCUT2D eigenvalue weighted by molar-refractivity contribution is 0.364. The molecule has 1 aliphatic heterocycles. The number of nitrogens with one attached hydrogen (secondary N) is 1. The van der Waals surface area contributed by atoms with Crippen molar-refractivity contribution in [3.63, 3.8) is 0 Å². The lowest BCUT2D eigenvalue weighted by Gasteiger charge is -2.29. The first kappa shape index (κ1) is 7.57. The molecule has 0 aromatic rings. The Morgan fingerprint density at radius 1 is 1.60 bits per heavy atom. The van der Waals surface area contributed by atoms with Crippen molar-refractivity contribution in [2.24, 2.45) is 17.4 Å². The van der Waals surface area contributed by atoms with E-state index in [9.17, 15) is 0 Å². The van der Waals surface area contributed by atoms with Crippen molar-refractivity contribution in [3.8, 4) is 0 Å². The van der Waals surface area contributed by atoms with Crippen molar-refractivity contribution in [2.45, 2.75) is 12.5 Å². The number of piperidine rings is 1. The van der Waals surface area contributed by atoms with Gasteiger partial charge in [-0.1, -0.05) is 6.58 Å². The Labute approximate surface area is 61.5 Å². The summed E-state index contributed by atoms with van der Waals surface area (Å²) in [5.41, 5.74) is 12.1. The molecule has 0 aromatic heterocycles. The molecule has 0 aromatic carbocycles. The lowest BCUT2D eigenvalue weighted by atomic mass is 9.92. The van der Waals surface area contributed by atoms with E-state index in [0.717, 1.165) is 19.5 Å². The maximum atomic E-state index is 5.80. The highest BCUT2D eigenvalue weighted by atomic mass is 14.9. The van der Waals surface area contributed by atoms with E-state index in [4.69, 9.17) is 11.5 Å². The minimum Gasteiger partial charge on any atom is -0.402 e. The molecule has 1 aliphatic rings. The van der Waals surface area contributed by atoms with E-state index in [0.29, 0.717) is 5.70 Å². The average Bonchev–Trinajstić information content (AvgIpc) is 1.88. The van der Waals surface area contributed by atoms with Crippen LogP contribution in [0, 0.1) is 5.92 Å². The van der Waals surface area contributed by atoms with Crippen molar-refractivity contribution >= 4 is 0 Å². The van der Waals surface area contributed by atoms with Crippen molar-refractivity contribution in [3.05, 3.63) is 12.3 Å². The zero-order valence-electron chi connectivity index (χ0n) is 6.14. The fourth-order valence-electron chi connectivity index (χ4n) is 1.28. The highest BCUT2D eigenvalue weighted by molar-refractivity contribution is 5.02. The van der Waals surface area contributed by atoms with Gasteiger partial charge < -0.3 is 16.8 Å². The van der Waals surface area contributed by atoms with E-state index in [1.54, 1.807) is 0 Å². The maximum Gasteiger partial charge on any atom is 0.0255 e. The van der Waals surface area contributed by atoms with Crippen LogP contribution in [-0.2, 0) is 0 Å². The standard InChI is InChI=1S/C7H15N3/c1-5(8)6-4-10-3-2-7(6)9/h6-7,10H,1-4,8-9H2. The number of nitrogens with two attached hydrogens (primary N) is 2. The minimum absolute atomic E-state index is 0.207. The van der Waals surface area contributed by atoms with Crippen LogP contribution in [0.15, 0.2) is 12.3 Å². The third-order valence-corrected chi connectivity index (χ3v) is 2.01. The molecule has 0 aliphatic carbocycles. The van der Waals surface area contributed by atoms with Gasteiger partial charge in [0.05, 0.1) is 0 Å². The predicted molar refractivity (Wildman–Crippen MR) is 42.3 cm³/mol. The van der Waals surface area contributed by atoms with Gasteiger partial charge in [0, 0.05) is 24.2 Å². The van der Waals surface area contributed by atoms with E-state index in [1.165, 1.54) is 0 Å². The molecular formula is C7H15N3. The van der Waals surface area contributed by atoms with Gasteiger partial charge >= 0.3 is 0 Å². The third kappa shape index (κ3) is 1.49. The summed E-state index contributed by atoms with van der Waals surface area (Å²) in [7, 11) is 0. The van der Waals surface area contributed by atoms with Crippen LogP contribution in [0.1, 0.15) is 6.42 Å². The molecule has 0 spiro atoms. The van der Waals surface area contributed by atoms with E-state index in [-0.39, 0.29) is 12.0 Å². The van der Waals surface area contributed by atoms with Crippen molar-refractivity contribution in [1.82, 2.24) is 5.32 Å². The summed E-state index contributed by atoms with van der Waals surface area (Å²) in [6, 6.07) is 0.207. The molecule has 5 N–H and O–H groups in total. The molecule has 1 fully saturated rings. The van der Waals surface area contributed by atoms with Crippen LogP contribution in [-0.4, -0.2) is 19.1 Å². The van der Waals surface area contributed by atoms with Crippen LogP contribution in [0.25, 0.3) is 0 Å². The Hall–Kier alpha value is -0.540. The molecule has 0 saturated carbocycles. The van der Waals surface area contributed by atoms with Crippen LogP contribution in [0.5, 0.6) is 0 Å². The summed E-state index contributed by atoms with van der Waals surface area (Å²) >= 11 is 0. The van der Waals surface area contributed by atoms with E-state index in [2.05, 4.69) is 11.9 Å². The van der Waals surface area contributed by atoms with E-state index in [1.807, 2.05) is 0 Å². The summed E-state index contributed by atoms with van der Waals surface area (Å²) in [6.07, 6.45) is 1.00. The van der Waals surface area contributed by atoms with Crippen LogP contribution in [0.2, 0.25) is 0 Å². The van der Waals surface area contributed by atoms with E-state index >= 15 is 0 Å². The highest BCUT2D eigenvalue weighted by Gasteiger charge is 2.21. The summed E-state index contributed by atoms with van der Waals surface area (Å²) in [5, 5.41) is 3.23. The summed E-state index contributed by atoms with van der Waals surface area (Å²) in [5.74, 6) is 0.272. The van der Waals surface area contributed by atoms with Crippen LogP contribution >= 0.6 is 0 Å². The molecule has 2 atom stereocenters. The van der Waals surface area contributed by atoms with Crippen molar-refractivity contribution in [2.75, 3.05) is 13.1 Å². The molecule has 1 rings (SSSR count). The second-order valence-corrected chi connectivity index (χ2v) is 2.84. The first-order valence-electron chi connectivity index (χ1n) is 3.62. The molecule has 3 nitrogen and oxygen atoms in total. The Kier molecular flexibility index (Phi) is 2.29. The monoisotopic (exact) mass is 141 g/mol. The lowest BCUT2D eigenvalue weighted by Crippen LogP contribution is -2.46. The van der Waals surface area contributed by atoms with Crippen LogP contribution in [0.4, 0.5) is 0 Å². The van der Waals surface area contributed by atoms with Gasteiger partial charge in [-0.25, -0.2) is 0 Å². The zero-order chi connectivity index (χ0) is 7.56.